The Balaban J connectivity index is 3.43. The normalized spacial score (nSPS) is 12.2. The van der Waals surface area contributed by atoms with Crippen LogP contribution in [0.2, 0.25) is 0 Å². The first-order valence-corrected chi connectivity index (χ1v) is 10.9. The van der Waals surface area contributed by atoms with E-state index in [1.54, 1.807) is 6.07 Å². The second-order valence-corrected chi connectivity index (χ2v) is 8.97. The summed E-state index contributed by atoms with van der Waals surface area (Å²) in [6, 6.07) is 3.27. The number of rotatable bonds is 10. The fraction of sp³-hybridized carbons (Fsp3) is 0.667. The summed E-state index contributed by atoms with van der Waals surface area (Å²) < 4.78 is 35.0. The van der Waals surface area contributed by atoms with Gasteiger partial charge in [0.15, 0.2) is 0 Å². The van der Waals surface area contributed by atoms with Crippen LogP contribution in [0.25, 0.3) is 0 Å². The number of ether oxygens (including phenoxy) is 2. The SMILES string of the molecule is CCCCCC(C)(C)c1cc(OCC)c(S(=O)(=O)Cl)cc1OCC. The molecule has 0 radical (unpaired) electrons. The van der Waals surface area contributed by atoms with Gasteiger partial charge in [-0.3, -0.25) is 0 Å². The molecule has 0 aromatic heterocycles. The van der Waals surface area contributed by atoms with Crippen molar-refractivity contribution < 1.29 is 17.9 Å². The lowest BCUT2D eigenvalue weighted by Gasteiger charge is -2.28. The molecule has 0 aliphatic heterocycles. The highest BCUT2D eigenvalue weighted by molar-refractivity contribution is 8.13. The van der Waals surface area contributed by atoms with E-state index in [-0.39, 0.29) is 16.1 Å². The molecule has 6 heteroatoms. The molecule has 0 saturated heterocycles. The van der Waals surface area contributed by atoms with Crippen molar-refractivity contribution in [3.63, 3.8) is 0 Å². The van der Waals surface area contributed by atoms with Gasteiger partial charge in [0.25, 0.3) is 9.05 Å². The highest BCUT2D eigenvalue weighted by Gasteiger charge is 2.29. The maximum absolute atomic E-state index is 11.9. The standard InChI is InChI=1S/C18H29ClO4S/c1-6-9-10-11-18(4,5)14-12-16(23-8-3)17(24(19,20)21)13-15(14)22-7-2/h12-13H,6-11H2,1-5H3. The fourth-order valence-electron chi connectivity index (χ4n) is 2.76. The molecule has 0 fully saturated rings. The lowest BCUT2D eigenvalue weighted by molar-refractivity contribution is 0.310. The molecule has 24 heavy (non-hydrogen) atoms. The van der Waals surface area contributed by atoms with Gasteiger partial charge in [0.2, 0.25) is 0 Å². The molecule has 0 atom stereocenters. The van der Waals surface area contributed by atoms with E-state index in [0.29, 0.717) is 19.0 Å². The third-order valence-corrected chi connectivity index (χ3v) is 5.39. The smallest absolute Gasteiger partial charge is 0.265 e. The van der Waals surface area contributed by atoms with Crippen molar-refractivity contribution in [3.05, 3.63) is 17.7 Å². The van der Waals surface area contributed by atoms with Gasteiger partial charge in [-0.05, 0) is 31.7 Å². The van der Waals surface area contributed by atoms with Crippen molar-refractivity contribution in [1.82, 2.24) is 0 Å². The van der Waals surface area contributed by atoms with Crippen molar-refractivity contribution in [2.75, 3.05) is 13.2 Å². The zero-order valence-corrected chi connectivity index (χ0v) is 16.9. The number of halogens is 1. The van der Waals surface area contributed by atoms with Crippen LogP contribution in [0.1, 0.15) is 65.9 Å². The van der Waals surface area contributed by atoms with E-state index in [1.807, 2.05) is 13.8 Å². The Hall–Kier alpha value is -0.940. The zero-order chi connectivity index (χ0) is 18.4. The molecule has 0 saturated carbocycles. The van der Waals surface area contributed by atoms with E-state index in [0.717, 1.165) is 24.8 Å². The van der Waals surface area contributed by atoms with Crippen molar-refractivity contribution >= 4 is 19.7 Å². The van der Waals surface area contributed by atoms with Crippen LogP contribution in [0.4, 0.5) is 0 Å². The van der Waals surface area contributed by atoms with Gasteiger partial charge >= 0.3 is 0 Å². The minimum absolute atomic E-state index is 0.0393. The quantitative estimate of drug-likeness (QED) is 0.412. The van der Waals surface area contributed by atoms with Crippen LogP contribution in [0.3, 0.4) is 0 Å². The zero-order valence-electron chi connectivity index (χ0n) is 15.3. The van der Waals surface area contributed by atoms with Gasteiger partial charge < -0.3 is 9.47 Å². The van der Waals surface area contributed by atoms with Crippen molar-refractivity contribution in [2.45, 2.75) is 70.6 Å². The highest BCUT2D eigenvalue weighted by Crippen LogP contribution is 2.42. The molecule has 0 aliphatic carbocycles. The van der Waals surface area contributed by atoms with E-state index in [2.05, 4.69) is 20.8 Å². The second-order valence-electron chi connectivity index (χ2n) is 6.44. The topological polar surface area (TPSA) is 52.6 Å². The third kappa shape index (κ3) is 5.55. The van der Waals surface area contributed by atoms with Crippen LogP contribution in [-0.2, 0) is 14.5 Å². The van der Waals surface area contributed by atoms with E-state index < -0.39 is 9.05 Å². The average Bonchev–Trinajstić information content (AvgIpc) is 2.47. The predicted octanol–water partition coefficient (Wildman–Crippen LogP) is 5.27. The van der Waals surface area contributed by atoms with Gasteiger partial charge in [-0.2, -0.15) is 0 Å². The lowest BCUT2D eigenvalue weighted by Crippen LogP contribution is -2.19. The Bertz CT molecular complexity index is 639. The number of hydrogen-bond donors (Lipinski definition) is 0. The number of hydrogen-bond acceptors (Lipinski definition) is 4. The molecule has 1 aromatic carbocycles. The van der Waals surface area contributed by atoms with Crippen LogP contribution in [0.5, 0.6) is 11.5 Å². The summed E-state index contributed by atoms with van der Waals surface area (Å²) >= 11 is 0. The molecular formula is C18H29ClO4S. The summed E-state index contributed by atoms with van der Waals surface area (Å²) in [7, 11) is 1.66. The monoisotopic (exact) mass is 376 g/mol. The predicted molar refractivity (Wildman–Crippen MR) is 99.0 cm³/mol. The highest BCUT2D eigenvalue weighted by atomic mass is 35.7. The van der Waals surface area contributed by atoms with E-state index in [1.165, 1.54) is 12.5 Å². The van der Waals surface area contributed by atoms with Crippen molar-refractivity contribution in [3.8, 4) is 11.5 Å². The summed E-state index contributed by atoms with van der Waals surface area (Å²) in [6.07, 6.45) is 4.41. The van der Waals surface area contributed by atoms with Crippen LogP contribution in [-0.4, -0.2) is 21.6 Å². The van der Waals surface area contributed by atoms with Gasteiger partial charge in [0.1, 0.15) is 16.4 Å². The first-order valence-electron chi connectivity index (χ1n) is 8.56. The van der Waals surface area contributed by atoms with Gasteiger partial charge in [-0.25, -0.2) is 8.42 Å². The molecule has 4 nitrogen and oxygen atoms in total. The van der Waals surface area contributed by atoms with E-state index in [4.69, 9.17) is 20.2 Å². The first kappa shape index (κ1) is 21.1. The van der Waals surface area contributed by atoms with Crippen LogP contribution < -0.4 is 9.47 Å². The maximum atomic E-state index is 11.9. The fourth-order valence-corrected chi connectivity index (χ4v) is 3.72. The van der Waals surface area contributed by atoms with Gasteiger partial charge in [0.05, 0.1) is 13.2 Å². The molecule has 0 bridgehead atoms. The molecule has 1 rings (SSSR count). The summed E-state index contributed by atoms with van der Waals surface area (Å²) in [4.78, 5) is -0.0393. The molecule has 0 spiro atoms. The minimum Gasteiger partial charge on any atom is -0.494 e. The van der Waals surface area contributed by atoms with Crippen molar-refractivity contribution in [1.29, 1.82) is 0 Å². The van der Waals surface area contributed by atoms with Gasteiger partial charge in [0, 0.05) is 22.3 Å². The van der Waals surface area contributed by atoms with Crippen LogP contribution in [0, 0.1) is 0 Å². The molecular weight excluding hydrogens is 348 g/mol. The summed E-state index contributed by atoms with van der Waals surface area (Å²) in [5.74, 6) is 0.844. The Morgan fingerprint density at radius 1 is 1.00 bits per heavy atom. The number of benzene rings is 1. The summed E-state index contributed by atoms with van der Waals surface area (Å²) in [5.41, 5.74) is 0.799. The van der Waals surface area contributed by atoms with E-state index >= 15 is 0 Å². The molecule has 0 aliphatic rings. The van der Waals surface area contributed by atoms with E-state index in [9.17, 15) is 8.42 Å². The Labute approximate surface area is 150 Å². The largest absolute Gasteiger partial charge is 0.494 e. The second kappa shape index (κ2) is 8.95. The molecule has 138 valence electrons. The molecule has 0 amide bonds. The molecule has 1 aromatic rings. The maximum Gasteiger partial charge on any atom is 0.265 e. The van der Waals surface area contributed by atoms with Crippen molar-refractivity contribution in [2.24, 2.45) is 0 Å². The van der Waals surface area contributed by atoms with Crippen LogP contribution >= 0.6 is 10.7 Å². The molecule has 0 N–H and O–H groups in total. The molecule has 0 heterocycles. The minimum atomic E-state index is -3.91. The van der Waals surface area contributed by atoms with Gasteiger partial charge in [-0.15, -0.1) is 0 Å². The molecule has 0 unspecified atom stereocenters. The average molecular weight is 377 g/mol. The summed E-state index contributed by atoms with van der Waals surface area (Å²) in [5, 5.41) is 0. The Kier molecular flexibility index (Phi) is 7.87. The summed E-state index contributed by atoms with van der Waals surface area (Å²) in [6.45, 7) is 11.0. The van der Waals surface area contributed by atoms with Gasteiger partial charge in [-0.1, -0.05) is 40.0 Å². The third-order valence-electron chi connectivity index (χ3n) is 4.04. The Morgan fingerprint density at radius 2 is 1.58 bits per heavy atom. The first-order chi connectivity index (χ1) is 11.2. The van der Waals surface area contributed by atoms with Crippen LogP contribution in [0.15, 0.2) is 17.0 Å². The lowest BCUT2D eigenvalue weighted by atomic mass is 9.79. The number of unbranched alkanes of at least 4 members (excludes halogenated alkanes) is 2. The Morgan fingerprint density at radius 3 is 2.08 bits per heavy atom.